The molecule has 1 amide bonds. The molecule has 4 aromatic rings. The summed E-state index contributed by atoms with van der Waals surface area (Å²) in [7, 11) is -3.65. The van der Waals surface area contributed by atoms with Gasteiger partial charge in [-0.1, -0.05) is 48.0 Å². The summed E-state index contributed by atoms with van der Waals surface area (Å²) in [5, 5.41) is 0.306. The normalized spacial score (nSPS) is 17.5. The molecule has 2 aromatic heterocycles. The van der Waals surface area contributed by atoms with Crippen LogP contribution in [0.3, 0.4) is 0 Å². The zero-order chi connectivity index (χ0) is 29.9. The number of aromatic amines is 1. The Morgan fingerprint density at radius 1 is 1.07 bits per heavy atom. The molecule has 2 N–H and O–H groups in total. The molecule has 0 spiro atoms. The molecule has 0 bridgehead atoms. The number of aryl methyl sites for hydroxylation is 1. The number of H-pyrrole nitrogens is 1. The molecule has 3 aliphatic carbocycles. The number of carbonyl (C=O) groups excluding carboxylic acids is 1. The number of hydrogen-bond acceptors (Lipinski definition) is 9. The van der Waals surface area contributed by atoms with Crippen molar-refractivity contribution in [3.8, 4) is 22.5 Å². The van der Waals surface area contributed by atoms with Crippen molar-refractivity contribution in [2.24, 2.45) is 5.92 Å². The summed E-state index contributed by atoms with van der Waals surface area (Å²) >= 11 is 2.45. The van der Waals surface area contributed by atoms with E-state index < -0.39 is 21.2 Å². The van der Waals surface area contributed by atoms with Gasteiger partial charge in [0.05, 0.1) is 11.3 Å². The van der Waals surface area contributed by atoms with E-state index in [9.17, 15) is 18.0 Å². The standard InChI is InChI=1S/C31H33N5O4S3/c1-17-3-14-24(28-33-31(38)42-34-28)25(15-17)21-8-6-20(7-9-21)18(2)36(16-19-4-5-19)30-32-26(27(41-30)22-10-11-22)29(37)35-43(39,40)23-12-13-23/h3,6-9,14-15,18-19,22-23H,4-5,10-13,16H2,1-2H3,(H,35,37)(H,33,34,38)/t18-/m1/s1. The second-order valence-corrected chi connectivity index (χ2v) is 15.8. The van der Waals surface area contributed by atoms with E-state index in [1.165, 1.54) is 24.2 Å². The summed E-state index contributed by atoms with van der Waals surface area (Å²) in [5.41, 5.74) is 5.41. The zero-order valence-electron chi connectivity index (χ0n) is 24.0. The molecule has 43 heavy (non-hydrogen) atoms. The molecule has 224 valence electrons. The van der Waals surface area contributed by atoms with E-state index in [1.54, 1.807) is 0 Å². The Kier molecular flexibility index (Phi) is 7.26. The van der Waals surface area contributed by atoms with E-state index in [-0.39, 0.29) is 22.5 Å². The topological polar surface area (TPSA) is 125 Å². The Morgan fingerprint density at radius 2 is 1.81 bits per heavy atom. The van der Waals surface area contributed by atoms with Gasteiger partial charge in [0.1, 0.15) is 5.69 Å². The summed E-state index contributed by atoms with van der Waals surface area (Å²) in [5.74, 6) is 0.815. The summed E-state index contributed by atoms with van der Waals surface area (Å²) < 4.78 is 31.7. The lowest BCUT2D eigenvalue weighted by Gasteiger charge is -2.29. The third kappa shape index (κ3) is 6.05. The van der Waals surface area contributed by atoms with Crippen molar-refractivity contribution in [3.63, 3.8) is 0 Å². The number of amides is 1. The van der Waals surface area contributed by atoms with Gasteiger partial charge in [-0.2, -0.15) is 4.37 Å². The number of carbonyl (C=O) groups is 1. The second-order valence-electron chi connectivity index (χ2n) is 12.0. The van der Waals surface area contributed by atoms with Gasteiger partial charge in [0.2, 0.25) is 10.0 Å². The number of rotatable bonds is 11. The predicted molar refractivity (Wildman–Crippen MR) is 170 cm³/mol. The molecule has 0 saturated heterocycles. The van der Waals surface area contributed by atoms with Gasteiger partial charge in [0.25, 0.3) is 5.91 Å². The number of nitrogens with zero attached hydrogens (tertiary/aromatic N) is 3. The lowest BCUT2D eigenvalue weighted by atomic mass is 9.95. The van der Waals surface area contributed by atoms with E-state index in [4.69, 9.17) is 4.98 Å². The smallest absolute Gasteiger partial charge is 0.323 e. The fourth-order valence-corrected chi connectivity index (χ4v) is 8.48. The van der Waals surface area contributed by atoms with Crippen LogP contribution in [0.5, 0.6) is 0 Å². The summed E-state index contributed by atoms with van der Waals surface area (Å²) in [6, 6.07) is 14.6. The first kappa shape index (κ1) is 28.4. The van der Waals surface area contributed by atoms with Gasteiger partial charge < -0.3 is 4.90 Å². The molecule has 7 rings (SSSR count). The van der Waals surface area contributed by atoms with Crippen LogP contribution >= 0.6 is 22.9 Å². The Morgan fingerprint density at radius 3 is 2.44 bits per heavy atom. The Bertz CT molecular complexity index is 1850. The van der Waals surface area contributed by atoms with Crippen molar-refractivity contribution in [3.05, 3.63) is 73.8 Å². The number of thiazole rings is 1. The molecule has 0 unspecified atom stereocenters. The van der Waals surface area contributed by atoms with Crippen LogP contribution in [-0.4, -0.2) is 40.5 Å². The molecular weight excluding hydrogens is 603 g/mol. The summed E-state index contributed by atoms with van der Waals surface area (Å²) in [4.78, 5) is 35.6. The van der Waals surface area contributed by atoms with Crippen LogP contribution in [0.2, 0.25) is 0 Å². The average molecular weight is 636 g/mol. The van der Waals surface area contributed by atoms with Gasteiger partial charge in [-0.15, -0.1) is 11.3 Å². The maximum atomic E-state index is 13.2. The number of aromatic nitrogens is 3. The lowest BCUT2D eigenvalue weighted by molar-refractivity contribution is 0.0976. The molecule has 1 atom stereocenters. The fourth-order valence-electron chi connectivity index (χ4n) is 5.42. The zero-order valence-corrected chi connectivity index (χ0v) is 26.4. The number of anilines is 1. The maximum Gasteiger partial charge on any atom is 0.323 e. The van der Waals surface area contributed by atoms with E-state index in [0.29, 0.717) is 24.6 Å². The minimum atomic E-state index is -3.65. The minimum absolute atomic E-state index is 0.00849. The highest BCUT2D eigenvalue weighted by atomic mass is 32.2. The third-order valence-corrected chi connectivity index (χ3v) is 12.1. The minimum Gasteiger partial charge on any atom is -0.341 e. The van der Waals surface area contributed by atoms with Crippen LogP contribution in [0, 0.1) is 12.8 Å². The summed E-state index contributed by atoms with van der Waals surface area (Å²) in [6.07, 6.45) is 5.53. The number of nitrogens with one attached hydrogen (secondary N) is 2. The molecule has 3 fully saturated rings. The first-order chi connectivity index (χ1) is 20.7. The Labute approximate surface area is 258 Å². The van der Waals surface area contributed by atoms with E-state index in [0.717, 1.165) is 68.7 Å². The maximum absolute atomic E-state index is 13.2. The number of benzene rings is 2. The van der Waals surface area contributed by atoms with Crippen LogP contribution in [0.15, 0.2) is 47.3 Å². The molecular formula is C31H33N5O4S3. The first-order valence-corrected chi connectivity index (χ1v) is 17.9. The first-order valence-electron chi connectivity index (χ1n) is 14.8. The average Bonchev–Trinajstić information content (AvgIpc) is 3.87. The van der Waals surface area contributed by atoms with Crippen molar-refractivity contribution >= 4 is 43.9 Å². The largest absolute Gasteiger partial charge is 0.341 e. The molecule has 3 saturated carbocycles. The molecule has 2 aromatic carbocycles. The highest BCUT2D eigenvalue weighted by molar-refractivity contribution is 7.91. The van der Waals surface area contributed by atoms with Crippen molar-refractivity contribution in [2.75, 3.05) is 11.4 Å². The molecule has 0 aliphatic heterocycles. The van der Waals surface area contributed by atoms with Crippen LogP contribution in [-0.2, 0) is 10.0 Å². The molecule has 12 heteroatoms. The molecule has 2 heterocycles. The van der Waals surface area contributed by atoms with Crippen LogP contribution in [0.4, 0.5) is 5.13 Å². The van der Waals surface area contributed by atoms with E-state index in [2.05, 4.69) is 56.2 Å². The van der Waals surface area contributed by atoms with Crippen molar-refractivity contribution in [1.29, 1.82) is 0 Å². The van der Waals surface area contributed by atoms with Gasteiger partial charge in [0.15, 0.2) is 11.0 Å². The van der Waals surface area contributed by atoms with Crippen molar-refractivity contribution in [2.45, 2.75) is 69.6 Å². The Balaban J connectivity index is 1.18. The molecule has 0 radical (unpaired) electrons. The third-order valence-electron chi connectivity index (χ3n) is 8.44. The highest BCUT2D eigenvalue weighted by Crippen LogP contribution is 2.48. The van der Waals surface area contributed by atoms with Gasteiger partial charge in [-0.25, -0.2) is 18.1 Å². The quantitative estimate of drug-likeness (QED) is 0.207. The van der Waals surface area contributed by atoms with Crippen LogP contribution in [0.1, 0.15) is 83.9 Å². The van der Waals surface area contributed by atoms with E-state index in [1.807, 2.05) is 19.1 Å². The Hall–Kier alpha value is -3.35. The SMILES string of the molecule is Cc1ccc(-c2nsc(=O)[nH]2)c(-c2ccc([C@@H](C)N(CC3CC3)c3nc(C(=O)NS(=O)(=O)C4CC4)c(C4CC4)s3)cc2)c1. The van der Waals surface area contributed by atoms with Crippen LogP contribution < -0.4 is 14.5 Å². The van der Waals surface area contributed by atoms with Gasteiger partial charge in [-0.05, 0) is 80.9 Å². The monoisotopic (exact) mass is 635 g/mol. The van der Waals surface area contributed by atoms with Crippen LogP contribution in [0.25, 0.3) is 22.5 Å². The van der Waals surface area contributed by atoms with Gasteiger partial charge >= 0.3 is 4.87 Å². The summed E-state index contributed by atoms with van der Waals surface area (Å²) in [6.45, 7) is 5.04. The van der Waals surface area contributed by atoms with Crippen molar-refractivity contribution < 1.29 is 13.2 Å². The molecule has 9 nitrogen and oxygen atoms in total. The van der Waals surface area contributed by atoms with Gasteiger partial charge in [0, 0.05) is 28.5 Å². The lowest BCUT2D eigenvalue weighted by Crippen LogP contribution is -2.34. The van der Waals surface area contributed by atoms with Gasteiger partial charge in [-0.3, -0.25) is 14.6 Å². The second kappa shape index (κ2) is 11.0. The molecule has 3 aliphatic rings. The number of hydrogen-bond donors (Lipinski definition) is 2. The highest BCUT2D eigenvalue weighted by Gasteiger charge is 2.40. The fraction of sp³-hybridized carbons (Fsp3) is 0.419. The predicted octanol–water partition coefficient (Wildman–Crippen LogP) is 6.01. The number of sulfonamides is 1. The van der Waals surface area contributed by atoms with E-state index >= 15 is 0 Å². The van der Waals surface area contributed by atoms with Crippen molar-refractivity contribution in [1.82, 2.24) is 19.1 Å².